The number of hydrogen-bond acceptors (Lipinski definition) is 2. The first-order valence-corrected chi connectivity index (χ1v) is 10.6. The molecule has 0 aliphatic rings. The van der Waals surface area contributed by atoms with Gasteiger partial charge >= 0.3 is 0 Å². The van der Waals surface area contributed by atoms with Crippen molar-refractivity contribution in [3.63, 3.8) is 0 Å². The van der Waals surface area contributed by atoms with E-state index < -0.39 is 0 Å². The third kappa shape index (κ3) is 5.67. The monoisotopic (exact) mass is 422 g/mol. The lowest BCUT2D eigenvalue weighted by atomic mass is 9.93. The van der Waals surface area contributed by atoms with Gasteiger partial charge in [-0.1, -0.05) is 74.9 Å². The summed E-state index contributed by atoms with van der Waals surface area (Å²) in [6, 6.07) is 12.3. The highest BCUT2D eigenvalue weighted by atomic mass is 14.9. The van der Waals surface area contributed by atoms with Crippen LogP contribution in [-0.4, -0.2) is 0 Å². The minimum atomic E-state index is 0.686. The molecule has 0 saturated carbocycles. The topological polar surface area (TPSA) is 38.0 Å². The van der Waals surface area contributed by atoms with Crippen molar-refractivity contribution in [3.8, 4) is 0 Å². The summed E-state index contributed by atoms with van der Waals surface area (Å²) in [5, 5.41) is 3.38. The second kappa shape index (κ2) is 11.0. The minimum Gasteiger partial charge on any atom is -0.398 e. The van der Waals surface area contributed by atoms with E-state index in [0.717, 1.165) is 50.4 Å². The van der Waals surface area contributed by atoms with Crippen molar-refractivity contribution < 1.29 is 0 Å². The molecule has 3 N–H and O–H groups in total. The number of nitrogens with one attached hydrogen (secondary N) is 1. The van der Waals surface area contributed by atoms with Crippen molar-refractivity contribution in [1.29, 1.82) is 0 Å². The Bertz CT molecular complexity index is 1150. The molecule has 0 radical (unpaired) electrons. The molecule has 0 aromatic heterocycles. The van der Waals surface area contributed by atoms with E-state index in [2.05, 4.69) is 75.8 Å². The summed E-state index contributed by atoms with van der Waals surface area (Å²) in [4.78, 5) is 0. The van der Waals surface area contributed by atoms with E-state index in [0.29, 0.717) is 5.69 Å². The highest BCUT2D eigenvalue weighted by molar-refractivity contribution is 5.85. The lowest BCUT2D eigenvalue weighted by molar-refractivity contribution is 1.03. The number of rotatable bonds is 9. The number of aryl methyl sites for hydroxylation is 1. The molecule has 2 aromatic carbocycles. The molecule has 0 spiro atoms. The van der Waals surface area contributed by atoms with Crippen LogP contribution >= 0.6 is 0 Å². The SMILES string of the molecule is C=C/C=C(C)\C(=C/C)c1cc(N)c(C=C)c(/C=C(\C)NC(=C)C(=C)c2ccccc2C)c1. The quantitative estimate of drug-likeness (QED) is 0.318. The van der Waals surface area contributed by atoms with Crippen LogP contribution in [0.15, 0.2) is 97.9 Å². The van der Waals surface area contributed by atoms with Gasteiger partial charge in [-0.15, -0.1) is 0 Å². The van der Waals surface area contributed by atoms with Gasteiger partial charge in [0.25, 0.3) is 0 Å². The summed E-state index contributed by atoms with van der Waals surface area (Å²) in [7, 11) is 0. The molecule has 0 atom stereocenters. The number of benzene rings is 2. The normalized spacial score (nSPS) is 12.3. The number of anilines is 1. The highest BCUT2D eigenvalue weighted by Gasteiger charge is 2.11. The van der Waals surface area contributed by atoms with E-state index in [-0.39, 0.29) is 0 Å². The molecule has 0 heterocycles. The van der Waals surface area contributed by atoms with Crippen LogP contribution in [0, 0.1) is 6.92 Å². The lowest BCUT2D eigenvalue weighted by Gasteiger charge is -2.16. The minimum absolute atomic E-state index is 0.686. The maximum Gasteiger partial charge on any atom is 0.0399 e. The van der Waals surface area contributed by atoms with Gasteiger partial charge < -0.3 is 11.1 Å². The van der Waals surface area contributed by atoms with Gasteiger partial charge in [-0.25, -0.2) is 0 Å². The van der Waals surface area contributed by atoms with Gasteiger partial charge in [-0.3, -0.25) is 0 Å². The summed E-state index contributed by atoms with van der Waals surface area (Å²) in [5.41, 5.74) is 17.1. The van der Waals surface area contributed by atoms with Crippen LogP contribution in [0.25, 0.3) is 23.3 Å². The van der Waals surface area contributed by atoms with Crippen molar-refractivity contribution in [3.05, 3.63) is 126 Å². The fourth-order valence-corrected chi connectivity index (χ4v) is 3.75. The first-order chi connectivity index (χ1) is 15.2. The summed E-state index contributed by atoms with van der Waals surface area (Å²) in [6.07, 6.45) is 9.73. The Kier molecular flexibility index (Phi) is 8.43. The third-order valence-corrected chi connectivity index (χ3v) is 5.40. The molecule has 0 amide bonds. The van der Waals surface area contributed by atoms with E-state index in [1.807, 2.05) is 38.1 Å². The molecular weight excluding hydrogens is 388 g/mol. The Morgan fingerprint density at radius 1 is 1.06 bits per heavy atom. The number of nitrogen functional groups attached to an aromatic ring is 1. The zero-order valence-corrected chi connectivity index (χ0v) is 19.8. The summed E-state index contributed by atoms with van der Waals surface area (Å²) in [5.74, 6) is 0. The van der Waals surface area contributed by atoms with E-state index in [9.17, 15) is 0 Å². The Labute approximate surface area is 193 Å². The molecule has 0 aliphatic carbocycles. The standard InChI is InChI=1S/C30H34N2/c1-9-14-20(4)27(10-2)26-18-25(28(11-3)30(31)19-26)17-22(6)32-24(8)23(7)29-16-13-12-15-21(29)5/h9-19,32H,1,3,7-8,31H2,2,4-6H3/b20-14-,22-17+,27-10+. The fraction of sp³-hybridized carbons (Fsp3) is 0.133. The van der Waals surface area contributed by atoms with Crippen LogP contribution in [0.3, 0.4) is 0 Å². The summed E-state index contributed by atoms with van der Waals surface area (Å²) < 4.78 is 0. The van der Waals surface area contributed by atoms with Gasteiger partial charge in [0.05, 0.1) is 0 Å². The van der Waals surface area contributed by atoms with Gasteiger partial charge in [-0.05, 0) is 84.9 Å². The zero-order chi connectivity index (χ0) is 23.8. The van der Waals surface area contributed by atoms with Crippen molar-refractivity contribution in [1.82, 2.24) is 5.32 Å². The molecule has 0 fully saturated rings. The third-order valence-electron chi connectivity index (χ3n) is 5.40. The first-order valence-electron chi connectivity index (χ1n) is 10.6. The molecule has 32 heavy (non-hydrogen) atoms. The van der Waals surface area contributed by atoms with Crippen LogP contribution < -0.4 is 11.1 Å². The molecule has 0 aliphatic heterocycles. The summed E-state index contributed by atoms with van der Waals surface area (Å²) in [6.45, 7) is 24.4. The summed E-state index contributed by atoms with van der Waals surface area (Å²) >= 11 is 0. The van der Waals surface area contributed by atoms with E-state index in [4.69, 9.17) is 5.73 Å². The zero-order valence-electron chi connectivity index (χ0n) is 19.8. The molecule has 164 valence electrons. The van der Waals surface area contributed by atoms with Crippen LogP contribution in [0.2, 0.25) is 0 Å². The Morgan fingerprint density at radius 3 is 2.34 bits per heavy atom. The Hall–Kier alpha value is -3.78. The van der Waals surface area contributed by atoms with E-state index >= 15 is 0 Å². The van der Waals surface area contributed by atoms with Crippen LogP contribution in [-0.2, 0) is 0 Å². The largest absolute Gasteiger partial charge is 0.398 e. The molecule has 2 rings (SSSR count). The maximum absolute atomic E-state index is 6.40. The van der Waals surface area contributed by atoms with Gasteiger partial charge in [0.1, 0.15) is 0 Å². The number of hydrogen-bond donors (Lipinski definition) is 2. The second-order valence-corrected chi connectivity index (χ2v) is 7.78. The fourth-order valence-electron chi connectivity index (χ4n) is 3.75. The van der Waals surface area contributed by atoms with E-state index in [1.54, 1.807) is 12.2 Å². The van der Waals surface area contributed by atoms with Crippen molar-refractivity contribution in [2.24, 2.45) is 0 Å². The molecule has 0 bridgehead atoms. The molecule has 0 unspecified atom stereocenters. The molecule has 2 aromatic rings. The molecule has 2 nitrogen and oxygen atoms in total. The average molecular weight is 423 g/mol. The van der Waals surface area contributed by atoms with Crippen LogP contribution in [0.1, 0.15) is 48.6 Å². The Morgan fingerprint density at radius 2 is 1.75 bits per heavy atom. The van der Waals surface area contributed by atoms with Gasteiger partial charge in [0, 0.05) is 22.6 Å². The highest BCUT2D eigenvalue weighted by Crippen LogP contribution is 2.31. The van der Waals surface area contributed by atoms with Crippen molar-refractivity contribution in [2.45, 2.75) is 27.7 Å². The van der Waals surface area contributed by atoms with E-state index in [1.165, 1.54) is 5.56 Å². The first kappa shape index (κ1) is 24.5. The van der Waals surface area contributed by atoms with Gasteiger partial charge in [0.2, 0.25) is 0 Å². The van der Waals surface area contributed by atoms with Crippen molar-refractivity contribution in [2.75, 3.05) is 5.73 Å². The van der Waals surface area contributed by atoms with Crippen molar-refractivity contribution >= 4 is 29.0 Å². The van der Waals surface area contributed by atoms with Crippen LogP contribution in [0.4, 0.5) is 5.69 Å². The number of nitrogens with two attached hydrogens (primary N) is 1. The molecule has 0 saturated heterocycles. The molecular formula is C30H34N2. The molecule has 2 heteroatoms. The predicted molar refractivity (Wildman–Crippen MR) is 145 cm³/mol. The van der Waals surface area contributed by atoms with Crippen LogP contribution in [0.5, 0.6) is 0 Å². The predicted octanol–water partition coefficient (Wildman–Crippen LogP) is 7.93. The maximum atomic E-state index is 6.40. The lowest BCUT2D eigenvalue weighted by Crippen LogP contribution is -2.11. The number of allylic oxidation sites excluding steroid dienone is 7. The second-order valence-electron chi connectivity index (χ2n) is 7.78. The average Bonchev–Trinajstić information content (AvgIpc) is 2.74. The van der Waals surface area contributed by atoms with Gasteiger partial charge in [-0.2, -0.15) is 0 Å². The smallest absolute Gasteiger partial charge is 0.0399 e. The Balaban J connectivity index is 2.42. The van der Waals surface area contributed by atoms with Gasteiger partial charge in [0.15, 0.2) is 0 Å².